The minimum Gasteiger partial charge on any atom is -0.466 e. The first-order valence-corrected chi connectivity index (χ1v) is 9.01. The van der Waals surface area contributed by atoms with Gasteiger partial charge in [0.25, 0.3) is 5.91 Å². The van der Waals surface area contributed by atoms with Crippen LogP contribution in [-0.2, 0) is 14.3 Å². The first-order chi connectivity index (χ1) is 11.9. The molecule has 0 radical (unpaired) electrons. The minimum atomic E-state index is -0.142. The number of anilines is 2. The molecule has 0 spiro atoms. The van der Waals surface area contributed by atoms with Crippen molar-refractivity contribution in [3.8, 4) is 0 Å². The number of likely N-dealkylation sites (tertiary alicyclic amines) is 1. The Labute approximate surface area is 150 Å². The molecule has 1 aromatic carbocycles. The Bertz CT molecular complexity index is 578. The van der Waals surface area contributed by atoms with Gasteiger partial charge in [0.15, 0.2) is 6.04 Å². The molecule has 1 aromatic rings. The lowest BCUT2D eigenvalue weighted by Gasteiger charge is -2.31. The number of rotatable bonds is 6. The van der Waals surface area contributed by atoms with E-state index in [9.17, 15) is 9.59 Å². The molecule has 6 heteroatoms. The molecule has 25 heavy (non-hydrogen) atoms. The summed E-state index contributed by atoms with van der Waals surface area (Å²) in [5, 5.41) is 2.99. The molecule has 2 rings (SSSR count). The normalized spacial score (nSPS) is 21.3. The number of ether oxygens (including phenoxy) is 1. The highest BCUT2D eigenvalue weighted by Crippen LogP contribution is 2.16. The largest absolute Gasteiger partial charge is 0.466 e. The van der Waals surface area contributed by atoms with Crippen LogP contribution >= 0.6 is 0 Å². The van der Waals surface area contributed by atoms with Crippen LogP contribution in [0.1, 0.15) is 26.7 Å². The van der Waals surface area contributed by atoms with Crippen molar-refractivity contribution >= 4 is 23.3 Å². The number of nitrogens with zero attached hydrogens (tertiary/aromatic N) is 1. The van der Waals surface area contributed by atoms with E-state index < -0.39 is 0 Å². The summed E-state index contributed by atoms with van der Waals surface area (Å²) in [7, 11) is 3.97. The topological polar surface area (TPSA) is 63.1 Å². The molecule has 1 amide bonds. The second-order valence-electron chi connectivity index (χ2n) is 6.84. The van der Waals surface area contributed by atoms with Gasteiger partial charge in [-0.3, -0.25) is 9.59 Å². The molecule has 1 fully saturated rings. The molecule has 2 N–H and O–H groups in total. The van der Waals surface area contributed by atoms with Crippen molar-refractivity contribution < 1.29 is 19.2 Å². The van der Waals surface area contributed by atoms with E-state index >= 15 is 0 Å². The van der Waals surface area contributed by atoms with Gasteiger partial charge in [0.1, 0.15) is 0 Å². The van der Waals surface area contributed by atoms with E-state index in [4.69, 9.17) is 4.74 Å². The monoisotopic (exact) mass is 348 g/mol. The zero-order valence-electron chi connectivity index (χ0n) is 15.7. The molecule has 1 aliphatic rings. The van der Waals surface area contributed by atoms with Crippen LogP contribution in [-0.4, -0.2) is 51.7 Å². The number of piperidine rings is 1. The standard InChI is InChI=1S/C19H29N3O3/c1-5-25-19(24)15-10-12-22(13-11-15)14(2)18(23)20-16-6-8-17(9-7-16)21(3)4/h6-9,14-15H,5,10-13H2,1-4H3,(H,20,23)/p+1/t14-/m0/s1. The number of nitrogens with one attached hydrogen (secondary N) is 2. The molecule has 0 saturated carbocycles. The Morgan fingerprint density at radius 1 is 1.24 bits per heavy atom. The average Bonchev–Trinajstić information content (AvgIpc) is 2.61. The zero-order valence-corrected chi connectivity index (χ0v) is 15.7. The maximum Gasteiger partial charge on any atom is 0.309 e. The fraction of sp³-hybridized carbons (Fsp3) is 0.579. The van der Waals surface area contributed by atoms with Crippen molar-refractivity contribution in [2.75, 3.05) is 44.0 Å². The number of carbonyl (C=O) groups is 2. The van der Waals surface area contributed by atoms with Gasteiger partial charge in [-0.15, -0.1) is 0 Å². The fourth-order valence-electron chi connectivity index (χ4n) is 3.20. The Morgan fingerprint density at radius 2 is 1.84 bits per heavy atom. The third-order valence-corrected chi connectivity index (χ3v) is 4.90. The molecule has 1 atom stereocenters. The predicted octanol–water partition coefficient (Wildman–Crippen LogP) is 0.938. The molecular formula is C19H30N3O3+. The molecule has 6 nitrogen and oxygen atoms in total. The lowest BCUT2D eigenvalue weighted by Crippen LogP contribution is -3.17. The number of hydrogen-bond donors (Lipinski definition) is 2. The Balaban J connectivity index is 1.85. The van der Waals surface area contributed by atoms with E-state index in [-0.39, 0.29) is 23.8 Å². The van der Waals surface area contributed by atoms with Crippen LogP contribution in [0.2, 0.25) is 0 Å². The minimum absolute atomic E-state index is 0.0159. The maximum absolute atomic E-state index is 12.5. The van der Waals surface area contributed by atoms with Crippen molar-refractivity contribution in [2.24, 2.45) is 5.92 Å². The van der Waals surface area contributed by atoms with Gasteiger partial charge in [0.05, 0.1) is 25.6 Å². The van der Waals surface area contributed by atoms with Crippen LogP contribution in [0.4, 0.5) is 11.4 Å². The molecule has 0 bridgehead atoms. The third-order valence-electron chi connectivity index (χ3n) is 4.90. The van der Waals surface area contributed by atoms with E-state index in [1.165, 1.54) is 4.90 Å². The Hall–Kier alpha value is -2.08. The number of esters is 1. The van der Waals surface area contributed by atoms with Crippen molar-refractivity contribution in [1.82, 2.24) is 0 Å². The molecule has 1 heterocycles. The van der Waals surface area contributed by atoms with Gasteiger partial charge < -0.3 is 19.9 Å². The molecule has 0 aromatic heterocycles. The van der Waals surface area contributed by atoms with Crippen molar-refractivity contribution in [3.05, 3.63) is 24.3 Å². The van der Waals surface area contributed by atoms with E-state index in [0.29, 0.717) is 6.61 Å². The second-order valence-corrected chi connectivity index (χ2v) is 6.84. The highest BCUT2D eigenvalue weighted by atomic mass is 16.5. The zero-order chi connectivity index (χ0) is 18.4. The smallest absolute Gasteiger partial charge is 0.309 e. The van der Waals surface area contributed by atoms with E-state index in [2.05, 4.69) is 5.32 Å². The van der Waals surface area contributed by atoms with Crippen molar-refractivity contribution in [3.63, 3.8) is 0 Å². The van der Waals surface area contributed by atoms with E-state index in [1.807, 2.05) is 57.1 Å². The first-order valence-electron chi connectivity index (χ1n) is 9.01. The summed E-state index contributed by atoms with van der Waals surface area (Å²) in [6.45, 7) is 5.84. The number of carbonyl (C=O) groups excluding carboxylic acids is 2. The van der Waals surface area contributed by atoms with Crippen LogP contribution < -0.4 is 15.1 Å². The van der Waals surface area contributed by atoms with Crippen LogP contribution in [0.5, 0.6) is 0 Å². The summed E-state index contributed by atoms with van der Waals surface area (Å²) in [5.41, 5.74) is 1.90. The summed E-state index contributed by atoms with van der Waals surface area (Å²) in [6, 6.07) is 7.66. The van der Waals surface area contributed by atoms with Crippen molar-refractivity contribution in [2.45, 2.75) is 32.7 Å². The second kappa shape index (κ2) is 8.85. The molecule has 0 unspecified atom stereocenters. The molecule has 0 aliphatic carbocycles. The lowest BCUT2D eigenvalue weighted by atomic mass is 9.96. The number of hydrogen-bond acceptors (Lipinski definition) is 4. The SMILES string of the molecule is CCOC(=O)C1CC[NH+]([C@@H](C)C(=O)Nc2ccc(N(C)C)cc2)CC1. The van der Waals surface area contributed by atoms with Gasteiger partial charge >= 0.3 is 5.97 Å². The molecule has 138 valence electrons. The van der Waals surface area contributed by atoms with Gasteiger partial charge in [0, 0.05) is 38.3 Å². The average molecular weight is 348 g/mol. The van der Waals surface area contributed by atoms with Gasteiger partial charge in [-0.25, -0.2) is 0 Å². The fourth-order valence-corrected chi connectivity index (χ4v) is 3.20. The summed E-state index contributed by atoms with van der Waals surface area (Å²) in [4.78, 5) is 27.6. The number of amides is 1. The Kier molecular flexibility index (Phi) is 6.82. The Morgan fingerprint density at radius 3 is 2.36 bits per heavy atom. The van der Waals surface area contributed by atoms with E-state index in [0.717, 1.165) is 37.3 Å². The molecule has 1 saturated heterocycles. The van der Waals surface area contributed by atoms with Gasteiger partial charge in [-0.1, -0.05) is 0 Å². The molecule has 1 aliphatic heterocycles. The van der Waals surface area contributed by atoms with Crippen LogP contribution in [0.3, 0.4) is 0 Å². The predicted molar refractivity (Wildman–Crippen MR) is 98.9 cm³/mol. The number of benzene rings is 1. The van der Waals surface area contributed by atoms with Crippen molar-refractivity contribution in [1.29, 1.82) is 0 Å². The van der Waals surface area contributed by atoms with Gasteiger partial charge in [0.2, 0.25) is 0 Å². The van der Waals surface area contributed by atoms with Crippen LogP contribution in [0.15, 0.2) is 24.3 Å². The lowest BCUT2D eigenvalue weighted by molar-refractivity contribution is -0.919. The first kappa shape index (κ1) is 19.2. The summed E-state index contributed by atoms with van der Waals surface area (Å²) >= 11 is 0. The summed E-state index contributed by atoms with van der Waals surface area (Å²) in [6.07, 6.45) is 1.56. The quantitative estimate of drug-likeness (QED) is 0.751. The highest BCUT2D eigenvalue weighted by molar-refractivity contribution is 5.93. The summed E-state index contributed by atoms with van der Waals surface area (Å²) in [5.74, 6) is -0.0978. The third kappa shape index (κ3) is 5.19. The van der Waals surface area contributed by atoms with Gasteiger partial charge in [-0.05, 0) is 38.1 Å². The number of quaternary nitrogens is 1. The van der Waals surface area contributed by atoms with Gasteiger partial charge in [-0.2, -0.15) is 0 Å². The molecular weight excluding hydrogens is 318 g/mol. The maximum atomic E-state index is 12.5. The van der Waals surface area contributed by atoms with Crippen LogP contribution in [0.25, 0.3) is 0 Å². The summed E-state index contributed by atoms with van der Waals surface area (Å²) < 4.78 is 5.10. The highest BCUT2D eigenvalue weighted by Gasteiger charge is 2.33. The van der Waals surface area contributed by atoms with E-state index in [1.54, 1.807) is 0 Å². The van der Waals surface area contributed by atoms with Crippen LogP contribution in [0, 0.1) is 5.92 Å².